The van der Waals surface area contributed by atoms with Crippen molar-refractivity contribution in [2.24, 2.45) is 0 Å². The molecule has 1 saturated heterocycles. The molecule has 0 bridgehead atoms. The molecule has 0 atom stereocenters. The van der Waals surface area contributed by atoms with Crippen LogP contribution in [0, 0.1) is 13.8 Å². The summed E-state index contributed by atoms with van der Waals surface area (Å²) in [5.41, 5.74) is 7.73. The Balaban J connectivity index is 1.73. The van der Waals surface area contributed by atoms with E-state index in [2.05, 4.69) is 106 Å². The van der Waals surface area contributed by atoms with Gasteiger partial charge in [0.2, 0.25) is 0 Å². The van der Waals surface area contributed by atoms with Crippen molar-refractivity contribution in [1.82, 2.24) is 0 Å². The van der Waals surface area contributed by atoms with Crippen molar-refractivity contribution in [2.45, 2.75) is 104 Å². The number of benzene rings is 2. The van der Waals surface area contributed by atoms with E-state index in [4.69, 9.17) is 18.8 Å². The fourth-order valence-corrected chi connectivity index (χ4v) is 7.89. The minimum absolute atomic E-state index is 0.146. The molecule has 0 spiro atoms. The van der Waals surface area contributed by atoms with Gasteiger partial charge in [-0.1, -0.05) is 52.0 Å². The highest BCUT2D eigenvalue weighted by Gasteiger charge is 2.52. The van der Waals surface area contributed by atoms with Crippen LogP contribution in [0.5, 0.6) is 5.75 Å². The summed E-state index contributed by atoms with van der Waals surface area (Å²) in [4.78, 5) is 2.80. The second-order valence-corrected chi connectivity index (χ2v) is 15.0. The Morgan fingerprint density at radius 1 is 0.825 bits per heavy atom. The molecule has 1 aliphatic carbocycles. The zero-order valence-electron chi connectivity index (χ0n) is 26.2. The predicted molar refractivity (Wildman–Crippen MR) is 168 cm³/mol. The highest BCUT2D eigenvalue weighted by Crippen LogP contribution is 2.55. The Bertz CT molecular complexity index is 1420. The van der Waals surface area contributed by atoms with Gasteiger partial charge in [0.15, 0.2) is 6.79 Å². The average Bonchev–Trinajstić information content (AvgIpc) is 3.34. The van der Waals surface area contributed by atoms with E-state index in [-0.39, 0.29) is 17.6 Å². The summed E-state index contributed by atoms with van der Waals surface area (Å²) in [5, 5.41) is 0. The van der Waals surface area contributed by atoms with Gasteiger partial charge in [-0.15, -0.1) is 11.3 Å². The smallest absolute Gasteiger partial charge is 0.466 e. The van der Waals surface area contributed by atoms with E-state index in [1.807, 2.05) is 11.3 Å². The third kappa shape index (κ3) is 4.85. The first-order valence-electron chi connectivity index (χ1n) is 14.5. The van der Waals surface area contributed by atoms with E-state index in [9.17, 15) is 0 Å². The summed E-state index contributed by atoms with van der Waals surface area (Å²) in [6.45, 7) is 22.6. The summed E-state index contributed by atoms with van der Waals surface area (Å²) < 4.78 is 25.0. The van der Waals surface area contributed by atoms with Crippen LogP contribution >= 0.6 is 11.3 Å². The molecule has 1 aliphatic heterocycles. The van der Waals surface area contributed by atoms with E-state index in [0.717, 1.165) is 27.9 Å². The molecule has 2 aliphatic rings. The standard InChI is InChI=1S/C34H45BO4S/c1-21-18-24(23-14-12-13-15-26(23)35-38-33(7,8)34(9,10)39-35)28(37-20-36-11)25(19-21)29-22(2)27-30(40-29)32(5,6)17-16-31(27,3)4/h12-15,18-19H,16-17,20H2,1-11H3. The second kappa shape index (κ2) is 10.0. The number of fused-ring (bicyclic) bond motifs is 1. The Morgan fingerprint density at radius 3 is 2.05 bits per heavy atom. The number of ether oxygens (including phenoxy) is 2. The molecule has 214 valence electrons. The molecule has 40 heavy (non-hydrogen) atoms. The molecule has 0 radical (unpaired) electrons. The Morgan fingerprint density at radius 2 is 1.43 bits per heavy atom. The lowest BCUT2D eigenvalue weighted by molar-refractivity contribution is 0.00578. The second-order valence-electron chi connectivity index (χ2n) is 13.9. The van der Waals surface area contributed by atoms with Gasteiger partial charge in [0.1, 0.15) is 5.75 Å². The van der Waals surface area contributed by atoms with Gasteiger partial charge in [0, 0.05) is 28.0 Å². The first-order valence-corrected chi connectivity index (χ1v) is 15.3. The van der Waals surface area contributed by atoms with E-state index in [0.29, 0.717) is 0 Å². The molecule has 1 aromatic heterocycles. The molecular weight excluding hydrogens is 515 g/mol. The van der Waals surface area contributed by atoms with Gasteiger partial charge in [0.25, 0.3) is 0 Å². The van der Waals surface area contributed by atoms with Crippen LogP contribution in [0.2, 0.25) is 0 Å². The van der Waals surface area contributed by atoms with E-state index in [1.165, 1.54) is 39.3 Å². The lowest BCUT2D eigenvalue weighted by atomic mass is 9.66. The van der Waals surface area contributed by atoms with Crippen LogP contribution in [0.25, 0.3) is 21.6 Å². The minimum Gasteiger partial charge on any atom is -0.466 e. The topological polar surface area (TPSA) is 36.9 Å². The molecule has 6 heteroatoms. The molecule has 5 rings (SSSR count). The summed E-state index contributed by atoms with van der Waals surface area (Å²) in [6.07, 6.45) is 2.39. The van der Waals surface area contributed by atoms with Crippen LogP contribution in [0.15, 0.2) is 36.4 Å². The highest BCUT2D eigenvalue weighted by atomic mass is 32.1. The zero-order chi connectivity index (χ0) is 29.3. The van der Waals surface area contributed by atoms with Crippen LogP contribution < -0.4 is 10.2 Å². The number of thiophene rings is 1. The first kappa shape index (κ1) is 29.4. The summed E-state index contributed by atoms with van der Waals surface area (Å²) in [6, 6.07) is 12.9. The molecule has 0 N–H and O–H groups in total. The van der Waals surface area contributed by atoms with Gasteiger partial charge >= 0.3 is 7.12 Å². The summed E-state index contributed by atoms with van der Waals surface area (Å²) >= 11 is 1.94. The number of rotatable bonds is 6. The number of aryl methyl sites for hydroxylation is 1. The highest BCUT2D eigenvalue weighted by molar-refractivity contribution is 7.16. The summed E-state index contributed by atoms with van der Waals surface area (Å²) in [7, 11) is 1.20. The normalized spacial score (nSPS) is 20.4. The van der Waals surface area contributed by atoms with Gasteiger partial charge in [-0.25, -0.2) is 0 Å². The van der Waals surface area contributed by atoms with Gasteiger partial charge in [-0.2, -0.15) is 0 Å². The molecule has 0 unspecified atom stereocenters. The maximum absolute atomic E-state index is 6.51. The lowest BCUT2D eigenvalue weighted by Crippen LogP contribution is -2.41. The van der Waals surface area contributed by atoms with E-state index >= 15 is 0 Å². The van der Waals surface area contributed by atoms with Crippen molar-refractivity contribution in [1.29, 1.82) is 0 Å². The fraction of sp³-hybridized carbons (Fsp3) is 0.529. The minimum atomic E-state index is -0.474. The van der Waals surface area contributed by atoms with Crippen molar-refractivity contribution in [3.8, 4) is 27.3 Å². The van der Waals surface area contributed by atoms with Gasteiger partial charge < -0.3 is 18.8 Å². The molecule has 2 heterocycles. The van der Waals surface area contributed by atoms with Crippen molar-refractivity contribution < 1.29 is 18.8 Å². The van der Waals surface area contributed by atoms with E-state index in [1.54, 1.807) is 7.11 Å². The monoisotopic (exact) mass is 560 g/mol. The van der Waals surface area contributed by atoms with Crippen LogP contribution in [0.4, 0.5) is 0 Å². The van der Waals surface area contributed by atoms with Gasteiger partial charge in [-0.05, 0) is 105 Å². The number of hydrogen-bond donors (Lipinski definition) is 0. The first-order chi connectivity index (χ1) is 18.6. The molecule has 0 amide bonds. The Hall–Kier alpha value is -2.12. The van der Waals surface area contributed by atoms with Crippen molar-refractivity contribution in [3.63, 3.8) is 0 Å². The Labute approximate surface area is 245 Å². The van der Waals surface area contributed by atoms with Crippen LogP contribution in [0.1, 0.15) is 89.8 Å². The van der Waals surface area contributed by atoms with E-state index < -0.39 is 18.3 Å². The van der Waals surface area contributed by atoms with Crippen molar-refractivity contribution in [3.05, 3.63) is 58.0 Å². The van der Waals surface area contributed by atoms with Crippen molar-refractivity contribution >= 4 is 23.9 Å². The number of methoxy groups -OCH3 is 1. The fourth-order valence-electron chi connectivity index (χ4n) is 6.26. The molecule has 1 fully saturated rings. The van der Waals surface area contributed by atoms with Crippen LogP contribution in [0.3, 0.4) is 0 Å². The number of hydrogen-bond acceptors (Lipinski definition) is 5. The maximum atomic E-state index is 6.51. The lowest BCUT2D eigenvalue weighted by Gasteiger charge is -2.39. The molecule has 3 aromatic rings. The third-order valence-electron chi connectivity index (χ3n) is 9.37. The SMILES string of the molecule is COCOc1c(-c2ccccc2B2OC(C)(C)C(C)(C)O2)cc(C)cc1-c1sc2c(c1C)C(C)(C)CCC2(C)C. The molecule has 2 aromatic carbocycles. The quantitative estimate of drug-likeness (QED) is 0.224. The summed E-state index contributed by atoms with van der Waals surface area (Å²) in [5.74, 6) is 0.841. The largest absolute Gasteiger partial charge is 0.495 e. The molecular formula is C34H45BO4S. The molecule has 0 saturated carbocycles. The van der Waals surface area contributed by atoms with Crippen LogP contribution in [-0.4, -0.2) is 32.2 Å². The zero-order valence-corrected chi connectivity index (χ0v) is 27.0. The molecule has 4 nitrogen and oxygen atoms in total. The predicted octanol–water partition coefficient (Wildman–Crippen LogP) is 8.33. The van der Waals surface area contributed by atoms with Crippen molar-refractivity contribution in [2.75, 3.05) is 13.9 Å². The van der Waals surface area contributed by atoms with Gasteiger partial charge in [0.05, 0.1) is 11.2 Å². The Kier molecular flexibility index (Phi) is 7.35. The van der Waals surface area contributed by atoms with Crippen LogP contribution in [-0.2, 0) is 24.9 Å². The average molecular weight is 561 g/mol. The third-order valence-corrected chi connectivity index (χ3v) is 11.1. The van der Waals surface area contributed by atoms with Gasteiger partial charge in [-0.3, -0.25) is 0 Å². The maximum Gasteiger partial charge on any atom is 0.495 e.